The van der Waals surface area contributed by atoms with E-state index in [-0.39, 0.29) is 0 Å². The molecule has 2 saturated heterocycles. The van der Waals surface area contributed by atoms with E-state index in [0.717, 1.165) is 19.6 Å². The van der Waals surface area contributed by atoms with Crippen molar-refractivity contribution in [3.8, 4) is 12.0 Å². The van der Waals surface area contributed by atoms with E-state index in [1.807, 2.05) is 0 Å². The monoisotopic (exact) mass is 265 g/mol. The molecule has 1 N–H and O–H groups in total. The van der Waals surface area contributed by atoms with E-state index in [0.29, 0.717) is 29.9 Å². The molecule has 7 heteroatoms. The number of piperidine rings is 1. The fourth-order valence-electron chi connectivity index (χ4n) is 2.86. The lowest BCUT2D eigenvalue weighted by molar-refractivity contribution is 0.339. The van der Waals surface area contributed by atoms with Crippen molar-refractivity contribution in [1.29, 1.82) is 0 Å². The Morgan fingerprint density at radius 2 is 1.84 bits per heavy atom. The lowest BCUT2D eigenvalue weighted by Crippen LogP contribution is -2.40. The standard InChI is InChI=1S/C12H19N5O2/c1-18-11-14-10(15-12(16-11)19-2)17-6-8-4-3-5-13-9(8)7-17/h8-9,13H,3-7H2,1-2H3/t8-,9+/m0/s1. The maximum Gasteiger partial charge on any atom is 0.324 e. The van der Waals surface area contributed by atoms with Crippen LogP contribution in [0.3, 0.4) is 0 Å². The molecule has 0 aliphatic carbocycles. The molecule has 2 atom stereocenters. The molecule has 0 amide bonds. The molecular weight excluding hydrogens is 246 g/mol. The summed E-state index contributed by atoms with van der Waals surface area (Å²) in [5, 5.41) is 3.56. The van der Waals surface area contributed by atoms with Crippen LogP contribution in [0.4, 0.5) is 5.95 Å². The minimum atomic E-state index is 0.296. The molecule has 19 heavy (non-hydrogen) atoms. The van der Waals surface area contributed by atoms with Gasteiger partial charge in [0.2, 0.25) is 5.95 Å². The van der Waals surface area contributed by atoms with Crippen LogP contribution in [0.5, 0.6) is 12.0 Å². The van der Waals surface area contributed by atoms with E-state index in [2.05, 4.69) is 25.2 Å². The third kappa shape index (κ3) is 2.42. The Bertz CT molecular complexity index is 419. The third-order valence-corrected chi connectivity index (χ3v) is 3.83. The first kappa shape index (κ1) is 12.4. The van der Waals surface area contributed by atoms with Crippen molar-refractivity contribution in [1.82, 2.24) is 20.3 Å². The van der Waals surface area contributed by atoms with Crippen LogP contribution < -0.4 is 19.7 Å². The Labute approximate surface area is 112 Å². The highest BCUT2D eigenvalue weighted by atomic mass is 16.5. The SMILES string of the molecule is COc1nc(OC)nc(N2C[C@@H]3CCCN[C@@H]3C2)n1. The molecule has 1 aromatic rings. The molecule has 3 rings (SSSR count). The summed E-state index contributed by atoms with van der Waals surface area (Å²) in [7, 11) is 3.09. The highest BCUT2D eigenvalue weighted by Crippen LogP contribution is 2.28. The fourth-order valence-corrected chi connectivity index (χ4v) is 2.86. The Balaban J connectivity index is 1.82. The largest absolute Gasteiger partial charge is 0.467 e. The summed E-state index contributed by atoms with van der Waals surface area (Å²) in [6.07, 6.45) is 2.52. The summed E-state index contributed by atoms with van der Waals surface area (Å²) >= 11 is 0. The van der Waals surface area contributed by atoms with Crippen LogP contribution in [0, 0.1) is 5.92 Å². The summed E-state index contributed by atoms with van der Waals surface area (Å²) in [4.78, 5) is 14.8. The number of fused-ring (bicyclic) bond motifs is 1. The molecule has 0 aromatic carbocycles. The van der Waals surface area contributed by atoms with Gasteiger partial charge in [0.25, 0.3) is 0 Å². The highest BCUT2D eigenvalue weighted by molar-refractivity contribution is 5.35. The van der Waals surface area contributed by atoms with Gasteiger partial charge in [-0.15, -0.1) is 4.98 Å². The molecule has 0 spiro atoms. The van der Waals surface area contributed by atoms with Gasteiger partial charge >= 0.3 is 12.0 Å². The second-order valence-corrected chi connectivity index (χ2v) is 4.98. The van der Waals surface area contributed by atoms with Crippen molar-refractivity contribution < 1.29 is 9.47 Å². The summed E-state index contributed by atoms with van der Waals surface area (Å²) in [6.45, 7) is 3.02. The van der Waals surface area contributed by atoms with Gasteiger partial charge in [0, 0.05) is 19.1 Å². The molecular formula is C12H19N5O2. The molecule has 104 valence electrons. The van der Waals surface area contributed by atoms with Gasteiger partial charge in [-0.25, -0.2) is 0 Å². The Morgan fingerprint density at radius 3 is 2.47 bits per heavy atom. The van der Waals surface area contributed by atoms with Crippen molar-refractivity contribution in [2.24, 2.45) is 5.92 Å². The van der Waals surface area contributed by atoms with Crippen LogP contribution in [-0.4, -0.2) is 54.8 Å². The normalized spacial score (nSPS) is 26.1. The Kier molecular flexibility index (Phi) is 3.37. The van der Waals surface area contributed by atoms with Gasteiger partial charge < -0.3 is 19.7 Å². The van der Waals surface area contributed by atoms with Gasteiger partial charge in [-0.3, -0.25) is 0 Å². The number of hydrogen-bond donors (Lipinski definition) is 1. The van der Waals surface area contributed by atoms with Gasteiger partial charge in [0.15, 0.2) is 0 Å². The first-order valence-corrected chi connectivity index (χ1v) is 6.62. The minimum absolute atomic E-state index is 0.296. The second-order valence-electron chi connectivity index (χ2n) is 4.98. The zero-order chi connectivity index (χ0) is 13.2. The molecule has 2 aliphatic rings. The molecule has 0 saturated carbocycles. The van der Waals surface area contributed by atoms with Crippen LogP contribution in [0.2, 0.25) is 0 Å². The van der Waals surface area contributed by atoms with Crippen molar-refractivity contribution in [3.05, 3.63) is 0 Å². The number of rotatable bonds is 3. The van der Waals surface area contributed by atoms with E-state index in [1.165, 1.54) is 12.8 Å². The Hall–Kier alpha value is -1.63. The number of hydrogen-bond acceptors (Lipinski definition) is 7. The lowest BCUT2D eigenvalue weighted by atomic mass is 9.94. The molecule has 7 nitrogen and oxygen atoms in total. The number of ether oxygens (including phenoxy) is 2. The number of aromatic nitrogens is 3. The van der Waals surface area contributed by atoms with Gasteiger partial charge in [-0.2, -0.15) is 9.97 Å². The van der Waals surface area contributed by atoms with Gasteiger partial charge in [-0.05, 0) is 25.3 Å². The van der Waals surface area contributed by atoms with E-state index in [4.69, 9.17) is 9.47 Å². The highest BCUT2D eigenvalue weighted by Gasteiger charge is 2.35. The Morgan fingerprint density at radius 1 is 1.11 bits per heavy atom. The molecule has 2 aliphatic heterocycles. The summed E-state index contributed by atoms with van der Waals surface area (Å²) < 4.78 is 10.2. The van der Waals surface area contributed by atoms with E-state index in [9.17, 15) is 0 Å². The van der Waals surface area contributed by atoms with Gasteiger partial charge in [0.05, 0.1) is 14.2 Å². The average Bonchev–Trinajstić information content (AvgIpc) is 2.90. The molecule has 0 unspecified atom stereocenters. The van der Waals surface area contributed by atoms with Gasteiger partial charge in [-0.1, -0.05) is 0 Å². The lowest BCUT2D eigenvalue weighted by Gasteiger charge is -2.24. The third-order valence-electron chi connectivity index (χ3n) is 3.83. The zero-order valence-electron chi connectivity index (χ0n) is 11.3. The minimum Gasteiger partial charge on any atom is -0.467 e. The van der Waals surface area contributed by atoms with Crippen molar-refractivity contribution >= 4 is 5.95 Å². The van der Waals surface area contributed by atoms with Crippen LogP contribution in [-0.2, 0) is 0 Å². The van der Waals surface area contributed by atoms with E-state index >= 15 is 0 Å². The first-order chi connectivity index (χ1) is 9.30. The first-order valence-electron chi connectivity index (χ1n) is 6.62. The number of anilines is 1. The van der Waals surface area contributed by atoms with Crippen LogP contribution >= 0.6 is 0 Å². The van der Waals surface area contributed by atoms with Crippen LogP contribution in [0.15, 0.2) is 0 Å². The van der Waals surface area contributed by atoms with E-state index < -0.39 is 0 Å². The predicted octanol–water partition coefficient (Wildman–Crippen LogP) is 0.0770. The number of nitrogens with zero attached hydrogens (tertiary/aromatic N) is 4. The molecule has 2 fully saturated rings. The second kappa shape index (κ2) is 5.16. The maximum absolute atomic E-state index is 5.09. The quantitative estimate of drug-likeness (QED) is 0.829. The predicted molar refractivity (Wildman–Crippen MR) is 69.7 cm³/mol. The summed E-state index contributed by atoms with van der Waals surface area (Å²) in [5.74, 6) is 1.32. The smallest absolute Gasteiger partial charge is 0.324 e. The average molecular weight is 265 g/mol. The molecule has 1 aromatic heterocycles. The molecule has 0 bridgehead atoms. The van der Waals surface area contributed by atoms with Crippen LogP contribution in [0.25, 0.3) is 0 Å². The number of methoxy groups -OCH3 is 2. The summed E-state index contributed by atoms with van der Waals surface area (Å²) in [6, 6.07) is 1.14. The van der Waals surface area contributed by atoms with E-state index in [1.54, 1.807) is 14.2 Å². The zero-order valence-corrected chi connectivity index (χ0v) is 11.3. The summed E-state index contributed by atoms with van der Waals surface area (Å²) in [5.41, 5.74) is 0. The van der Waals surface area contributed by atoms with Crippen molar-refractivity contribution in [3.63, 3.8) is 0 Å². The van der Waals surface area contributed by atoms with Gasteiger partial charge in [0.1, 0.15) is 0 Å². The topological polar surface area (TPSA) is 72.4 Å². The van der Waals surface area contributed by atoms with Crippen molar-refractivity contribution in [2.45, 2.75) is 18.9 Å². The van der Waals surface area contributed by atoms with Crippen molar-refractivity contribution in [2.75, 3.05) is 38.8 Å². The molecule has 0 radical (unpaired) electrons. The van der Waals surface area contributed by atoms with Crippen LogP contribution in [0.1, 0.15) is 12.8 Å². The molecule has 3 heterocycles. The fraction of sp³-hybridized carbons (Fsp3) is 0.750. The number of nitrogens with one attached hydrogen (secondary N) is 1. The maximum atomic E-state index is 5.09.